The molecule has 7 heteroatoms. The molecule has 2 N–H and O–H groups in total. The lowest BCUT2D eigenvalue weighted by molar-refractivity contribution is 0.403. The Morgan fingerprint density at radius 1 is 1.36 bits per heavy atom. The lowest BCUT2D eigenvalue weighted by Gasteiger charge is -2.08. The number of primary sulfonamides is 1. The average molecular weight is 256 g/mol. The van der Waals surface area contributed by atoms with E-state index in [0.29, 0.717) is 0 Å². The molecule has 0 aliphatic heterocycles. The summed E-state index contributed by atoms with van der Waals surface area (Å²) in [6.45, 7) is 0. The summed E-state index contributed by atoms with van der Waals surface area (Å²) in [4.78, 5) is -0.225. The lowest BCUT2D eigenvalue weighted by Crippen LogP contribution is -2.13. The summed E-state index contributed by atoms with van der Waals surface area (Å²) in [7, 11) is -2.59. The molecule has 0 unspecified atom stereocenters. The largest absolute Gasteiger partial charge is 0.494 e. The van der Waals surface area contributed by atoms with Gasteiger partial charge in [-0.1, -0.05) is 23.2 Å². The summed E-state index contributed by atoms with van der Waals surface area (Å²) in [5, 5.41) is 5.23. The molecule has 0 saturated heterocycles. The van der Waals surface area contributed by atoms with Crippen molar-refractivity contribution in [3.63, 3.8) is 0 Å². The number of nitrogens with two attached hydrogens (primary N) is 1. The fourth-order valence-electron chi connectivity index (χ4n) is 0.946. The van der Waals surface area contributed by atoms with Gasteiger partial charge in [0.1, 0.15) is 4.90 Å². The number of sulfonamides is 1. The fourth-order valence-corrected chi connectivity index (χ4v) is 2.38. The molecular formula is C7H7Cl2NO3S. The maximum Gasteiger partial charge on any atom is 0.241 e. The molecule has 0 radical (unpaired) electrons. The van der Waals surface area contributed by atoms with Gasteiger partial charge in [0.25, 0.3) is 0 Å². The first-order chi connectivity index (χ1) is 6.36. The van der Waals surface area contributed by atoms with Crippen LogP contribution >= 0.6 is 23.2 Å². The summed E-state index contributed by atoms with van der Waals surface area (Å²) in [6, 6.07) is 2.55. The van der Waals surface area contributed by atoms with Gasteiger partial charge < -0.3 is 4.74 Å². The van der Waals surface area contributed by atoms with Crippen LogP contribution in [0.5, 0.6) is 5.75 Å². The Labute approximate surface area is 91.6 Å². The molecule has 4 nitrogen and oxygen atoms in total. The molecule has 1 aromatic rings. The Balaban J connectivity index is 3.56. The summed E-state index contributed by atoms with van der Waals surface area (Å²) in [6.07, 6.45) is 0. The van der Waals surface area contributed by atoms with Crippen molar-refractivity contribution in [1.29, 1.82) is 0 Å². The first kappa shape index (κ1) is 11.6. The second kappa shape index (κ2) is 3.94. The summed E-state index contributed by atoms with van der Waals surface area (Å²) >= 11 is 11.3. The van der Waals surface area contributed by atoms with Crippen molar-refractivity contribution in [2.75, 3.05) is 7.11 Å². The minimum atomic E-state index is -3.88. The fraction of sp³-hybridized carbons (Fsp3) is 0.143. The zero-order chi connectivity index (χ0) is 10.9. The van der Waals surface area contributed by atoms with Gasteiger partial charge in [-0.25, -0.2) is 13.6 Å². The Hall–Kier alpha value is -0.490. The molecule has 0 aliphatic rings. The van der Waals surface area contributed by atoms with Crippen LogP contribution in [-0.2, 0) is 10.0 Å². The number of hydrogen-bond donors (Lipinski definition) is 1. The van der Waals surface area contributed by atoms with Gasteiger partial charge in [-0.15, -0.1) is 0 Å². The van der Waals surface area contributed by atoms with E-state index in [9.17, 15) is 8.42 Å². The number of methoxy groups -OCH3 is 1. The number of rotatable bonds is 2. The van der Waals surface area contributed by atoms with Gasteiger partial charge in [0.2, 0.25) is 10.0 Å². The predicted molar refractivity (Wildman–Crippen MR) is 54.4 cm³/mol. The van der Waals surface area contributed by atoms with E-state index in [0.717, 1.165) is 0 Å². The third kappa shape index (κ3) is 2.30. The smallest absolute Gasteiger partial charge is 0.241 e. The van der Waals surface area contributed by atoms with Crippen molar-refractivity contribution < 1.29 is 13.2 Å². The monoisotopic (exact) mass is 255 g/mol. The molecule has 0 spiro atoms. The van der Waals surface area contributed by atoms with Gasteiger partial charge in [0, 0.05) is 5.02 Å². The zero-order valence-corrected chi connectivity index (χ0v) is 9.45. The van der Waals surface area contributed by atoms with Crippen LogP contribution in [0.1, 0.15) is 0 Å². The van der Waals surface area contributed by atoms with Crippen LogP contribution in [0.15, 0.2) is 17.0 Å². The minimum absolute atomic E-state index is 0.00133. The van der Waals surface area contributed by atoms with Crippen LogP contribution in [-0.4, -0.2) is 15.5 Å². The molecule has 0 saturated carbocycles. The average Bonchev–Trinajstić information content (AvgIpc) is 2.01. The molecule has 1 aromatic carbocycles. The van der Waals surface area contributed by atoms with Gasteiger partial charge in [0.05, 0.1) is 12.1 Å². The topological polar surface area (TPSA) is 69.4 Å². The lowest BCUT2D eigenvalue weighted by atomic mass is 10.3. The third-order valence-electron chi connectivity index (χ3n) is 1.48. The van der Waals surface area contributed by atoms with Crippen molar-refractivity contribution in [2.45, 2.75) is 4.90 Å². The molecule has 78 valence electrons. The molecule has 0 aliphatic carbocycles. The third-order valence-corrected chi connectivity index (χ3v) is 2.90. The van der Waals surface area contributed by atoms with Crippen LogP contribution < -0.4 is 9.88 Å². The van der Waals surface area contributed by atoms with Gasteiger partial charge in [-0.05, 0) is 12.1 Å². The van der Waals surface area contributed by atoms with E-state index in [1.165, 1.54) is 19.2 Å². The van der Waals surface area contributed by atoms with E-state index in [1.807, 2.05) is 0 Å². The molecule has 0 amide bonds. The highest BCUT2D eigenvalue weighted by Crippen LogP contribution is 2.34. The summed E-state index contributed by atoms with van der Waals surface area (Å²) in [5.41, 5.74) is 0. The molecule has 14 heavy (non-hydrogen) atoms. The standard InChI is InChI=1S/C7H7Cl2NO3S/c1-13-7-5(9)2-4(8)3-6(7)14(10,11)12/h2-3H,1H3,(H2,10,11,12). The van der Waals surface area contributed by atoms with Crippen LogP contribution in [0, 0.1) is 0 Å². The number of halogens is 2. The van der Waals surface area contributed by atoms with Crippen molar-refractivity contribution in [1.82, 2.24) is 0 Å². The highest BCUT2D eigenvalue weighted by Gasteiger charge is 2.18. The van der Waals surface area contributed by atoms with E-state index in [-0.39, 0.29) is 20.7 Å². The first-order valence-corrected chi connectivity index (χ1v) is 5.72. The second-order valence-electron chi connectivity index (χ2n) is 2.46. The van der Waals surface area contributed by atoms with E-state index >= 15 is 0 Å². The maximum atomic E-state index is 11.1. The second-order valence-corrected chi connectivity index (χ2v) is 4.84. The van der Waals surface area contributed by atoms with Crippen LogP contribution in [0.2, 0.25) is 10.0 Å². The number of hydrogen-bond acceptors (Lipinski definition) is 3. The number of ether oxygens (including phenoxy) is 1. The van der Waals surface area contributed by atoms with E-state index in [4.69, 9.17) is 33.1 Å². The SMILES string of the molecule is COc1c(Cl)cc(Cl)cc1S(N)(=O)=O. The molecule has 0 heterocycles. The minimum Gasteiger partial charge on any atom is -0.494 e. The molecular weight excluding hydrogens is 249 g/mol. The van der Waals surface area contributed by atoms with E-state index < -0.39 is 10.0 Å². The zero-order valence-electron chi connectivity index (χ0n) is 7.12. The molecule has 0 fully saturated rings. The van der Waals surface area contributed by atoms with E-state index in [1.54, 1.807) is 0 Å². The highest BCUT2D eigenvalue weighted by atomic mass is 35.5. The molecule has 0 atom stereocenters. The van der Waals surface area contributed by atoms with Gasteiger partial charge in [0.15, 0.2) is 5.75 Å². The normalized spacial score (nSPS) is 11.4. The van der Waals surface area contributed by atoms with Crippen molar-refractivity contribution in [2.24, 2.45) is 5.14 Å². The first-order valence-electron chi connectivity index (χ1n) is 3.42. The van der Waals surface area contributed by atoms with Crippen LogP contribution in [0.3, 0.4) is 0 Å². The summed E-state index contributed by atoms with van der Waals surface area (Å²) < 4.78 is 27.0. The number of benzene rings is 1. The Bertz CT molecular complexity index is 458. The van der Waals surface area contributed by atoms with Gasteiger partial charge >= 0.3 is 0 Å². The summed E-state index contributed by atoms with van der Waals surface area (Å²) in [5.74, 6) is -0.00133. The Kier molecular flexibility index (Phi) is 3.26. The van der Waals surface area contributed by atoms with Crippen molar-refractivity contribution in [3.8, 4) is 5.75 Å². The van der Waals surface area contributed by atoms with Crippen LogP contribution in [0.25, 0.3) is 0 Å². The quantitative estimate of drug-likeness (QED) is 0.874. The van der Waals surface area contributed by atoms with Crippen molar-refractivity contribution >= 4 is 33.2 Å². The Morgan fingerprint density at radius 2 is 1.93 bits per heavy atom. The van der Waals surface area contributed by atoms with E-state index in [2.05, 4.69) is 0 Å². The predicted octanol–water partition coefficient (Wildman–Crippen LogP) is 1.65. The molecule has 0 aromatic heterocycles. The Morgan fingerprint density at radius 3 is 2.36 bits per heavy atom. The van der Waals surface area contributed by atoms with Gasteiger partial charge in [-0.3, -0.25) is 0 Å². The van der Waals surface area contributed by atoms with Crippen LogP contribution in [0.4, 0.5) is 0 Å². The molecule has 0 bridgehead atoms. The highest BCUT2D eigenvalue weighted by molar-refractivity contribution is 7.89. The maximum absolute atomic E-state index is 11.1. The molecule has 1 rings (SSSR count). The van der Waals surface area contributed by atoms with Crippen molar-refractivity contribution in [3.05, 3.63) is 22.2 Å². The van der Waals surface area contributed by atoms with Gasteiger partial charge in [-0.2, -0.15) is 0 Å².